The third-order valence-corrected chi connectivity index (χ3v) is 6.13. The van der Waals surface area contributed by atoms with Crippen LogP contribution in [0, 0.1) is 24.0 Å². The first kappa shape index (κ1) is 20.7. The summed E-state index contributed by atoms with van der Waals surface area (Å²) in [6, 6.07) is 26.3. The molecule has 0 radical (unpaired) electrons. The lowest BCUT2D eigenvalue weighted by atomic mass is 9.97. The molecule has 3 aromatic carbocycles. The van der Waals surface area contributed by atoms with Crippen LogP contribution in [0.25, 0.3) is 44.6 Å². The normalized spacial score (nSPS) is 11.4. The number of para-hydroxylation sites is 2. The van der Waals surface area contributed by atoms with Gasteiger partial charge < -0.3 is 0 Å². The lowest BCUT2D eigenvalue weighted by molar-refractivity contribution is -0.384. The van der Waals surface area contributed by atoms with Gasteiger partial charge in [0.25, 0.3) is 5.69 Å². The lowest BCUT2D eigenvalue weighted by Crippen LogP contribution is -2.01. The highest BCUT2D eigenvalue weighted by molar-refractivity contribution is 6.10. The Bertz CT molecular complexity index is 1640. The van der Waals surface area contributed by atoms with Gasteiger partial charge in [-0.3, -0.25) is 10.1 Å². The van der Waals surface area contributed by atoms with Gasteiger partial charge in [-0.15, -0.1) is 0 Å². The van der Waals surface area contributed by atoms with Crippen LogP contribution in [0.2, 0.25) is 0 Å². The van der Waals surface area contributed by atoms with E-state index in [9.17, 15) is 10.1 Å². The fourth-order valence-corrected chi connectivity index (χ4v) is 4.61. The zero-order valence-corrected chi connectivity index (χ0v) is 19.1. The van der Waals surface area contributed by atoms with Crippen molar-refractivity contribution in [2.75, 3.05) is 0 Å². The number of pyridine rings is 1. The fraction of sp³-hybridized carbons (Fsp3) is 0.0741. The van der Waals surface area contributed by atoms with Crippen molar-refractivity contribution < 1.29 is 4.92 Å². The fourth-order valence-electron chi connectivity index (χ4n) is 4.61. The van der Waals surface area contributed by atoms with Gasteiger partial charge in [-0.25, -0.2) is 14.3 Å². The Labute approximate surface area is 200 Å². The van der Waals surface area contributed by atoms with Crippen molar-refractivity contribution in [2.24, 2.45) is 0 Å². The zero-order chi connectivity index (χ0) is 24.1. The van der Waals surface area contributed by atoms with Crippen molar-refractivity contribution in [3.8, 4) is 22.5 Å². The number of non-ortho nitro benzene ring substituents is 1. The Kier molecular flexibility index (Phi) is 4.67. The van der Waals surface area contributed by atoms with E-state index in [2.05, 4.69) is 0 Å². The van der Waals surface area contributed by atoms with E-state index in [-0.39, 0.29) is 10.6 Å². The number of hydrogen-bond acceptors (Lipinski definition) is 5. The molecule has 0 bridgehead atoms. The first-order chi connectivity index (χ1) is 17.0. The minimum Gasteiger partial charge on any atom is -0.258 e. The molecule has 170 valence electrons. The number of fused-ring (bicyclic) bond motifs is 2. The third kappa shape index (κ3) is 3.26. The van der Waals surface area contributed by atoms with Crippen molar-refractivity contribution in [3.63, 3.8) is 0 Å². The Morgan fingerprint density at radius 1 is 0.714 bits per heavy atom. The van der Waals surface area contributed by atoms with Crippen LogP contribution in [0.3, 0.4) is 0 Å². The predicted octanol–water partition coefficient (Wildman–Crippen LogP) is 5.95. The molecule has 0 fully saturated rings. The summed E-state index contributed by atoms with van der Waals surface area (Å²) in [6.07, 6.45) is 0. The topological polar surface area (TPSA) is 91.7 Å². The van der Waals surface area contributed by atoms with E-state index in [1.807, 2.05) is 89.9 Å². The smallest absolute Gasteiger partial charge is 0.258 e. The van der Waals surface area contributed by atoms with Crippen LogP contribution in [0.15, 0.2) is 84.9 Å². The molecular formula is C27H20N6O2. The maximum atomic E-state index is 11.6. The first-order valence-corrected chi connectivity index (χ1v) is 11.2. The number of nitrogens with zero attached hydrogens (tertiary/aromatic N) is 6. The van der Waals surface area contributed by atoms with Gasteiger partial charge in [-0.1, -0.05) is 48.5 Å². The van der Waals surface area contributed by atoms with Gasteiger partial charge in [0.1, 0.15) is 0 Å². The molecule has 0 aliphatic rings. The van der Waals surface area contributed by atoms with E-state index in [0.29, 0.717) is 11.3 Å². The van der Waals surface area contributed by atoms with E-state index in [0.717, 1.165) is 44.7 Å². The maximum Gasteiger partial charge on any atom is 0.270 e. The molecular weight excluding hydrogens is 440 g/mol. The molecule has 0 amide bonds. The van der Waals surface area contributed by atoms with Crippen molar-refractivity contribution in [1.29, 1.82) is 0 Å². The number of aryl methyl sites for hydroxylation is 2. The molecule has 35 heavy (non-hydrogen) atoms. The average Bonchev–Trinajstić information content (AvgIpc) is 3.40. The highest BCUT2D eigenvalue weighted by Gasteiger charge is 2.24. The summed E-state index contributed by atoms with van der Waals surface area (Å²) in [7, 11) is 0. The van der Waals surface area contributed by atoms with E-state index < -0.39 is 0 Å². The van der Waals surface area contributed by atoms with Gasteiger partial charge >= 0.3 is 0 Å². The number of hydrogen-bond donors (Lipinski definition) is 0. The van der Waals surface area contributed by atoms with Crippen LogP contribution in [0.1, 0.15) is 11.4 Å². The predicted molar refractivity (Wildman–Crippen MR) is 135 cm³/mol. The molecule has 0 N–H and O–H groups in total. The first-order valence-electron chi connectivity index (χ1n) is 11.2. The summed E-state index contributed by atoms with van der Waals surface area (Å²) in [5.41, 5.74) is 6.26. The summed E-state index contributed by atoms with van der Waals surface area (Å²) in [5.74, 6) is 0. The molecule has 3 heterocycles. The van der Waals surface area contributed by atoms with E-state index in [4.69, 9.17) is 15.2 Å². The van der Waals surface area contributed by atoms with Crippen LogP contribution in [0.4, 0.5) is 5.69 Å². The van der Waals surface area contributed by atoms with E-state index in [1.165, 1.54) is 6.07 Å². The monoisotopic (exact) mass is 460 g/mol. The summed E-state index contributed by atoms with van der Waals surface area (Å²) in [4.78, 5) is 16.3. The summed E-state index contributed by atoms with van der Waals surface area (Å²) in [5, 5.41) is 22.9. The number of aromatic nitrogens is 5. The lowest BCUT2D eigenvalue weighted by Gasteiger charge is -2.10. The largest absolute Gasteiger partial charge is 0.270 e. The van der Waals surface area contributed by atoms with Gasteiger partial charge in [-0.2, -0.15) is 10.2 Å². The van der Waals surface area contributed by atoms with Gasteiger partial charge in [0, 0.05) is 17.7 Å². The van der Waals surface area contributed by atoms with Crippen molar-refractivity contribution in [1.82, 2.24) is 24.5 Å². The maximum absolute atomic E-state index is 11.6. The standard InChI is InChI=1S/C27H20N6O2/c1-17-23-25(19-10-9-15-22(16-19)33(34)35)24-18(2)30-32(21-13-7-4-8-14-21)27(24)28-26(23)31(29-17)20-11-5-3-6-12-20/h3-16H,1-2H3. The highest BCUT2D eigenvalue weighted by Crippen LogP contribution is 2.40. The van der Waals surface area contributed by atoms with Gasteiger partial charge in [0.15, 0.2) is 11.3 Å². The minimum absolute atomic E-state index is 0.0295. The average molecular weight is 460 g/mol. The number of nitro benzene ring substituents is 1. The zero-order valence-electron chi connectivity index (χ0n) is 19.1. The number of benzene rings is 3. The van der Waals surface area contributed by atoms with Crippen molar-refractivity contribution in [2.45, 2.75) is 13.8 Å². The molecule has 0 aliphatic heterocycles. The Hall–Kier alpha value is -4.85. The molecule has 8 heteroatoms. The Morgan fingerprint density at radius 3 is 1.71 bits per heavy atom. The second-order valence-electron chi connectivity index (χ2n) is 8.36. The molecule has 0 unspecified atom stereocenters. The van der Waals surface area contributed by atoms with E-state index >= 15 is 0 Å². The molecule has 0 saturated heterocycles. The van der Waals surface area contributed by atoms with Crippen LogP contribution in [0.5, 0.6) is 0 Å². The number of rotatable bonds is 4. The van der Waals surface area contributed by atoms with Crippen LogP contribution in [-0.4, -0.2) is 29.5 Å². The minimum atomic E-state index is -0.375. The van der Waals surface area contributed by atoms with Crippen molar-refractivity contribution in [3.05, 3.63) is 106 Å². The van der Waals surface area contributed by atoms with Crippen LogP contribution < -0.4 is 0 Å². The summed E-state index contributed by atoms with van der Waals surface area (Å²) >= 11 is 0. The quantitative estimate of drug-likeness (QED) is 0.239. The molecule has 0 atom stereocenters. The number of nitro groups is 1. The molecule has 0 spiro atoms. The molecule has 0 aliphatic carbocycles. The van der Waals surface area contributed by atoms with Gasteiger partial charge in [-0.05, 0) is 43.7 Å². The second kappa shape index (κ2) is 7.88. The molecule has 8 nitrogen and oxygen atoms in total. The molecule has 0 saturated carbocycles. The van der Waals surface area contributed by atoms with Gasteiger partial charge in [0.05, 0.1) is 38.5 Å². The van der Waals surface area contributed by atoms with Crippen molar-refractivity contribution >= 4 is 27.8 Å². The van der Waals surface area contributed by atoms with Crippen LogP contribution >= 0.6 is 0 Å². The Morgan fingerprint density at radius 2 is 1.23 bits per heavy atom. The molecule has 6 aromatic rings. The summed E-state index contributed by atoms with van der Waals surface area (Å²) in [6.45, 7) is 3.88. The summed E-state index contributed by atoms with van der Waals surface area (Å²) < 4.78 is 3.64. The molecule has 6 rings (SSSR count). The highest BCUT2D eigenvalue weighted by atomic mass is 16.6. The second-order valence-corrected chi connectivity index (χ2v) is 8.36. The SMILES string of the molecule is Cc1nn(-c2ccccc2)c2nc3c(c(C)nn3-c3ccccc3)c(-c3cccc([N+](=O)[O-])c3)c12. The Balaban J connectivity index is 1.79. The third-order valence-electron chi connectivity index (χ3n) is 6.13. The molecule has 3 aromatic heterocycles. The van der Waals surface area contributed by atoms with Gasteiger partial charge in [0.2, 0.25) is 0 Å². The van der Waals surface area contributed by atoms with Crippen LogP contribution in [-0.2, 0) is 0 Å². The van der Waals surface area contributed by atoms with E-state index in [1.54, 1.807) is 12.1 Å².